The number of rotatable bonds is 6. The van der Waals surface area contributed by atoms with Crippen molar-refractivity contribution in [1.82, 2.24) is 0 Å². The van der Waals surface area contributed by atoms with Crippen LogP contribution in [0.5, 0.6) is 17.2 Å². The van der Waals surface area contributed by atoms with Gasteiger partial charge in [0.1, 0.15) is 25.6 Å². The Labute approximate surface area is 205 Å². The van der Waals surface area contributed by atoms with Crippen LogP contribution in [0, 0.1) is 0 Å². The lowest BCUT2D eigenvalue weighted by atomic mass is 9.98. The minimum absolute atomic E-state index is 0.0868. The van der Waals surface area contributed by atoms with Gasteiger partial charge in [-0.1, -0.05) is 60.7 Å². The molecule has 0 saturated carbocycles. The fourth-order valence-corrected chi connectivity index (χ4v) is 4.51. The maximum absolute atomic E-state index is 6.00. The van der Waals surface area contributed by atoms with Crippen LogP contribution < -0.4 is 19.2 Å². The molecule has 2 aliphatic rings. The second kappa shape index (κ2) is 9.55. The number of nitrogens with zero attached hydrogens (tertiary/aromatic N) is 2. The third-order valence-corrected chi connectivity index (χ3v) is 6.32. The largest absolute Gasteiger partial charge is 0.489 e. The fraction of sp³-hybridized carbons (Fsp3) is 0.167. The van der Waals surface area contributed by atoms with Crippen molar-refractivity contribution in [3.05, 3.63) is 120 Å². The first-order valence-corrected chi connectivity index (χ1v) is 11.9. The van der Waals surface area contributed by atoms with Gasteiger partial charge in [-0.3, -0.25) is 5.01 Å². The monoisotopic (exact) mass is 462 g/mol. The molecule has 2 heterocycles. The van der Waals surface area contributed by atoms with E-state index in [0.717, 1.165) is 46.2 Å². The van der Waals surface area contributed by atoms with Gasteiger partial charge in [-0.2, -0.15) is 5.10 Å². The number of hydrogen-bond donors (Lipinski definition) is 0. The van der Waals surface area contributed by atoms with Crippen molar-refractivity contribution in [3.63, 3.8) is 0 Å². The lowest BCUT2D eigenvalue weighted by Crippen LogP contribution is -2.18. The average Bonchev–Trinajstić information content (AvgIpc) is 3.39. The van der Waals surface area contributed by atoms with Crippen molar-refractivity contribution in [2.45, 2.75) is 19.1 Å². The summed E-state index contributed by atoms with van der Waals surface area (Å²) in [6.07, 6.45) is 0.790. The summed E-state index contributed by atoms with van der Waals surface area (Å²) in [6, 6.07) is 35.1. The predicted octanol–water partition coefficient (Wildman–Crippen LogP) is 6.39. The fourth-order valence-electron chi connectivity index (χ4n) is 4.51. The van der Waals surface area contributed by atoms with Gasteiger partial charge in [0.2, 0.25) is 0 Å². The molecule has 5 heteroatoms. The quantitative estimate of drug-likeness (QED) is 0.333. The first-order valence-electron chi connectivity index (χ1n) is 11.9. The molecule has 174 valence electrons. The second-order valence-corrected chi connectivity index (χ2v) is 8.65. The predicted molar refractivity (Wildman–Crippen MR) is 137 cm³/mol. The average molecular weight is 463 g/mol. The van der Waals surface area contributed by atoms with Crippen LogP contribution in [0.25, 0.3) is 0 Å². The van der Waals surface area contributed by atoms with E-state index in [1.807, 2.05) is 60.7 Å². The van der Waals surface area contributed by atoms with E-state index in [0.29, 0.717) is 19.8 Å². The van der Waals surface area contributed by atoms with Gasteiger partial charge < -0.3 is 14.2 Å². The van der Waals surface area contributed by atoms with Crippen LogP contribution in [0.2, 0.25) is 0 Å². The number of para-hydroxylation sites is 1. The standard InChI is InChI=1S/C30H26N2O3/c1-3-7-22(8-4-1)21-35-26-14-11-23(12-15-26)28-20-27(31-32(28)25-9-5-2-6-10-25)24-13-16-29-30(19-24)34-18-17-33-29/h1-16,19,28H,17-18,20-21H2. The highest BCUT2D eigenvalue weighted by molar-refractivity contribution is 6.03. The Morgan fingerprint density at radius 2 is 1.49 bits per heavy atom. The Bertz CT molecular complexity index is 1320. The normalized spacial score (nSPS) is 16.6. The molecule has 0 aromatic heterocycles. The van der Waals surface area contributed by atoms with Gasteiger partial charge in [-0.25, -0.2) is 0 Å². The van der Waals surface area contributed by atoms with Crippen molar-refractivity contribution < 1.29 is 14.2 Å². The van der Waals surface area contributed by atoms with Crippen LogP contribution in [0.4, 0.5) is 5.69 Å². The molecule has 0 saturated heterocycles. The summed E-state index contributed by atoms with van der Waals surface area (Å²) in [5.41, 5.74) is 5.49. The Morgan fingerprint density at radius 3 is 2.26 bits per heavy atom. The molecule has 0 bridgehead atoms. The Hall–Kier alpha value is -4.25. The number of hydrazone groups is 1. The molecule has 0 spiro atoms. The summed E-state index contributed by atoms with van der Waals surface area (Å²) in [5, 5.41) is 7.17. The summed E-state index contributed by atoms with van der Waals surface area (Å²) < 4.78 is 17.5. The van der Waals surface area contributed by atoms with E-state index < -0.39 is 0 Å². The van der Waals surface area contributed by atoms with E-state index in [9.17, 15) is 0 Å². The lowest BCUT2D eigenvalue weighted by molar-refractivity contribution is 0.171. The highest BCUT2D eigenvalue weighted by atomic mass is 16.6. The van der Waals surface area contributed by atoms with E-state index in [4.69, 9.17) is 19.3 Å². The first-order chi connectivity index (χ1) is 17.3. The van der Waals surface area contributed by atoms with Crippen molar-refractivity contribution in [2.24, 2.45) is 5.10 Å². The molecule has 5 nitrogen and oxygen atoms in total. The van der Waals surface area contributed by atoms with E-state index >= 15 is 0 Å². The van der Waals surface area contributed by atoms with Gasteiger partial charge in [-0.15, -0.1) is 0 Å². The molecule has 6 rings (SSSR count). The van der Waals surface area contributed by atoms with E-state index in [1.165, 1.54) is 5.56 Å². The number of anilines is 1. The molecule has 1 atom stereocenters. The smallest absolute Gasteiger partial charge is 0.162 e. The van der Waals surface area contributed by atoms with Crippen LogP contribution >= 0.6 is 0 Å². The molecule has 4 aromatic rings. The van der Waals surface area contributed by atoms with Gasteiger partial charge in [0.15, 0.2) is 11.5 Å². The highest BCUT2D eigenvalue weighted by Gasteiger charge is 2.30. The third kappa shape index (κ3) is 4.58. The summed E-state index contributed by atoms with van der Waals surface area (Å²) in [7, 11) is 0. The number of ether oxygens (including phenoxy) is 3. The van der Waals surface area contributed by atoms with Crippen molar-refractivity contribution in [2.75, 3.05) is 18.2 Å². The van der Waals surface area contributed by atoms with Crippen LogP contribution in [0.3, 0.4) is 0 Å². The molecule has 1 unspecified atom stereocenters. The van der Waals surface area contributed by atoms with Gasteiger partial charge >= 0.3 is 0 Å². The minimum atomic E-state index is 0.0868. The molecule has 2 aliphatic heterocycles. The molecular formula is C30H26N2O3. The molecule has 0 aliphatic carbocycles. The molecule has 0 amide bonds. The summed E-state index contributed by atoms with van der Waals surface area (Å²) in [5.74, 6) is 2.43. The van der Waals surface area contributed by atoms with Gasteiger partial charge in [0.25, 0.3) is 0 Å². The SMILES string of the molecule is c1ccc(COc2ccc(C3CC(c4ccc5c(c4)OCCO5)=NN3c3ccccc3)cc2)cc1. The molecule has 0 fully saturated rings. The van der Waals surface area contributed by atoms with Gasteiger partial charge in [0.05, 0.1) is 17.4 Å². The zero-order valence-electron chi connectivity index (χ0n) is 19.3. The number of hydrogen-bond acceptors (Lipinski definition) is 5. The molecule has 4 aromatic carbocycles. The maximum atomic E-state index is 6.00. The Kier molecular flexibility index (Phi) is 5.81. The molecular weight excluding hydrogens is 436 g/mol. The highest BCUT2D eigenvalue weighted by Crippen LogP contribution is 2.39. The van der Waals surface area contributed by atoms with Crippen molar-refractivity contribution in [3.8, 4) is 17.2 Å². The number of benzene rings is 4. The minimum Gasteiger partial charge on any atom is -0.489 e. The third-order valence-electron chi connectivity index (χ3n) is 6.32. The van der Waals surface area contributed by atoms with Crippen molar-refractivity contribution >= 4 is 11.4 Å². The Morgan fingerprint density at radius 1 is 0.771 bits per heavy atom. The first kappa shape index (κ1) is 21.3. The van der Waals surface area contributed by atoms with Crippen molar-refractivity contribution in [1.29, 1.82) is 0 Å². The van der Waals surface area contributed by atoms with E-state index in [-0.39, 0.29) is 6.04 Å². The number of fused-ring (bicyclic) bond motifs is 1. The van der Waals surface area contributed by atoms with E-state index in [1.54, 1.807) is 0 Å². The molecule has 0 radical (unpaired) electrons. The molecule has 0 N–H and O–H groups in total. The van der Waals surface area contributed by atoms with Crippen LogP contribution in [0.1, 0.15) is 29.2 Å². The second-order valence-electron chi connectivity index (χ2n) is 8.65. The molecule has 35 heavy (non-hydrogen) atoms. The van der Waals surface area contributed by atoms with E-state index in [2.05, 4.69) is 47.5 Å². The van der Waals surface area contributed by atoms with Crippen LogP contribution in [0.15, 0.2) is 108 Å². The zero-order chi connectivity index (χ0) is 23.5. The summed E-state index contributed by atoms with van der Waals surface area (Å²) in [4.78, 5) is 0. The summed E-state index contributed by atoms with van der Waals surface area (Å²) in [6.45, 7) is 1.71. The summed E-state index contributed by atoms with van der Waals surface area (Å²) >= 11 is 0. The van der Waals surface area contributed by atoms with Gasteiger partial charge in [-0.05, 0) is 53.6 Å². The van der Waals surface area contributed by atoms with Crippen LogP contribution in [-0.2, 0) is 6.61 Å². The maximum Gasteiger partial charge on any atom is 0.162 e. The van der Waals surface area contributed by atoms with Crippen LogP contribution in [-0.4, -0.2) is 18.9 Å². The van der Waals surface area contributed by atoms with Gasteiger partial charge in [0, 0.05) is 12.0 Å². The zero-order valence-corrected chi connectivity index (χ0v) is 19.3. The Balaban J connectivity index is 1.25. The topological polar surface area (TPSA) is 43.3 Å². The lowest BCUT2D eigenvalue weighted by Gasteiger charge is -2.24.